The van der Waals surface area contributed by atoms with Crippen molar-refractivity contribution in [1.82, 2.24) is 0 Å². The van der Waals surface area contributed by atoms with Gasteiger partial charge < -0.3 is 14.6 Å². The number of carbonyl (C=O) groups is 1. The van der Waals surface area contributed by atoms with Crippen molar-refractivity contribution in [2.75, 3.05) is 6.61 Å². The van der Waals surface area contributed by atoms with E-state index >= 15 is 0 Å². The summed E-state index contributed by atoms with van der Waals surface area (Å²) < 4.78 is 11.8. The molecule has 0 amide bonds. The minimum Gasteiger partial charge on any atom is -0.492 e. The molecule has 126 valence electrons. The normalized spacial score (nSPS) is 20.3. The predicted octanol–water partition coefficient (Wildman–Crippen LogP) is 3.58. The third kappa shape index (κ3) is 2.80. The third-order valence-electron chi connectivity index (χ3n) is 4.90. The van der Waals surface area contributed by atoms with E-state index in [1.807, 2.05) is 36.4 Å². The first-order valence-electron chi connectivity index (χ1n) is 8.33. The van der Waals surface area contributed by atoms with Crippen molar-refractivity contribution in [1.29, 1.82) is 5.26 Å². The molecule has 25 heavy (non-hydrogen) atoms. The molecule has 1 N–H and O–H groups in total. The third-order valence-corrected chi connectivity index (χ3v) is 4.90. The predicted molar refractivity (Wildman–Crippen MR) is 89.8 cm³/mol. The van der Waals surface area contributed by atoms with Gasteiger partial charge >= 0.3 is 5.97 Å². The Kier molecular flexibility index (Phi) is 3.81. The topological polar surface area (TPSA) is 79.5 Å². The van der Waals surface area contributed by atoms with Crippen molar-refractivity contribution in [2.24, 2.45) is 0 Å². The highest BCUT2D eigenvalue weighted by atomic mass is 16.5. The van der Waals surface area contributed by atoms with E-state index in [4.69, 9.17) is 14.6 Å². The fraction of sp³-hybridized carbons (Fsp3) is 0.300. The lowest BCUT2D eigenvalue weighted by molar-refractivity contribution is -0.137. The van der Waals surface area contributed by atoms with Gasteiger partial charge in [0.05, 0.1) is 24.7 Å². The molecule has 1 aliphatic carbocycles. The van der Waals surface area contributed by atoms with E-state index in [2.05, 4.69) is 6.07 Å². The second kappa shape index (κ2) is 6.14. The first-order chi connectivity index (χ1) is 12.2. The van der Waals surface area contributed by atoms with Crippen LogP contribution >= 0.6 is 0 Å². The molecule has 1 heterocycles. The number of carboxylic acid groups (broad SMARTS) is 1. The van der Waals surface area contributed by atoms with Crippen LogP contribution in [-0.2, 0) is 11.2 Å². The standard InChI is InChI=1S/C20H17NO4/c21-10-12-2-1-3-17-15(12)6-7-18(17)25-14-4-5-16-13(8-20(22)23)11-24-19(16)9-14/h1-5,9,13,18H,6-8,11H2,(H,22,23)/t13-,18-/m1/s1. The van der Waals surface area contributed by atoms with Gasteiger partial charge in [0, 0.05) is 17.5 Å². The second-order valence-electron chi connectivity index (χ2n) is 6.44. The average Bonchev–Trinajstić information content (AvgIpc) is 3.19. The molecule has 0 saturated heterocycles. The smallest absolute Gasteiger partial charge is 0.304 e. The molecule has 1 aliphatic heterocycles. The number of ether oxygens (including phenoxy) is 2. The fourth-order valence-corrected chi connectivity index (χ4v) is 3.72. The Labute approximate surface area is 145 Å². The van der Waals surface area contributed by atoms with Crippen LogP contribution in [0.25, 0.3) is 0 Å². The molecule has 5 nitrogen and oxygen atoms in total. The van der Waals surface area contributed by atoms with E-state index in [-0.39, 0.29) is 18.4 Å². The number of rotatable bonds is 4. The molecule has 2 aliphatic rings. The number of carboxylic acids is 1. The Morgan fingerprint density at radius 1 is 1.32 bits per heavy atom. The second-order valence-corrected chi connectivity index (χ2v) is 6.44. The molecule has 5 heteroatoms. The number of nitriles is 1. The van der Waals surface area contributed by atoms with Gasteiger partial charge in [-0.05, 0) is 36.1 Å². The molecule has 0 aromatic heterocycles. The van der Waals surface area contributed by atoms with Crippen LogP contribution in [0.5, 0.6) is 11.5 Å². The zero-order valence-corrected chi connectivity index (χ0v) is 13.6. The Bertz CT molecular complexity index is 884. The Balaban J connectivity index is 1.55. The van der Waals surface area contributed by atoms with Crippen molar-refractivity contribution in [3.8, 4) is 17.6 Å². The van der Waals surface area contributed by atoms with Gasteiger partial charge in [-0.1, -0.05) is 18.2 Å². The monoisotopic (exact) mass is 335 g/mol. The van der Waals surface area contributed by atoms with Gasteiger partial charge in [-0.3, -0.25) is 4.79 Å². The molecule has 2 aromatic rings. The lowest BCUT2D eigenvalue weighted by Crippen LogP contribution is -2.07. The minimum absolute atomic E-state index is 0.0696. The minimum atomic E-state index is -0.822. The maximum absolute atomic E-state index is 10.9. The lowest BCUT2D eigenvalue weighted by atomic mass is 9.98. The molecule has 2 aromatic carbocycles. The summed E-state index contributed by atoms with van der Waals surface area (Å²) in [6, 6.07) is 13.6. The highest BCUT2D eigenvalue weighted by molar-refractivity contribution is 5.68. The van der Waals surface area contributed by atoms with Crippen molar-refractivity contribution >= 4 is 5.97 Å². The van der Waals surface area contributed by atoms with Crippen LogP contribution < -0.4 is 9.47 Å². The van der Waals surface area contributed by atoms with Gasteiger partial charge in [-0.25, -0.2) is 0 Å². The summed E-state index contributed by atoms with van der Waals surface area (Å²) in [5, 5.41) is 18.2. The Morgan fingerprint density at radius 2 is 2.20 bits per heavy atom. The van der Waals surface area contributed by atoms with Crippen molar-refractivity contribution in [3.63, 3.8) is 0 Å². The summed E-state index contributed by atoms with van der Waals surface area (Å²) in [5.41, 5.74) is 3.80. The molecular formula is C20H17NO4. The average molecular weight is 335 g/mol. The number of hydrogen-bond donors (Lipinski definition) is 1. The van der Waals surface area contributed by atoms with Crippen LogP contribution in [0.4, 0.5) is 0 Å². The Hall–Kier alpha value is -3.00. The Morgan fingerprint density at radius 3 is 3.00 bits per heavy atom. The number of fused-ring (bicyclic) bond motifs is 2. The van der Waals surface area contributed by atoms with E-state index in [1.165, 1.54) is 0 Å². The molecular weight excluding hydrogens is 318 g/mol. The van der Waals surface area contributed by atoms with E-state index in [9.17, 15) is 10.1 Å². The molecule has 4 rings (SSSR count). The first kappa shape index (κ1) is 15.5. The number of aliphatic carboxylic acids is 1. The van der Waals surface area contributed by atoms with Crippen molar-refractivity contribution < 1.29 is 19.4 Å². The zero-order chi connectivity index (χ0) is 17.4. The molecule has 2 atom stereocenters. The van der Waals surface area contributed by atoms with Crippen LogP contribution in [-0.4, -0.2) is 17.7 Å². The van der Waals surface area contributed by atoms with Gasteiger partial charge in [0.1, 0.15) is 17.6 Å². The van der Waals surface area contributed by atoms with Gasteiger partial charge in [0.2, 0.25) is 0 Å². The van der Waals surface area contributed by atoms with Crippen LogP contribution in [0.3, 0.4) is 0 Å². The SMILES string of the molecule is N#Cc1cccc2c1CC[C@H]2Oc1ccc2c(c1)OC[C@H]2CC(=O)O. The lowest BCUT2D eigenvalue weighted by Gasteiger charge is -2.16. The summed E-state index contributed by atoms with van der Waals surface area (Å²) in [5.74, 6) is 0.479. The summed E-state index contributed by atoms with van der Waals surface area (Å²) in [6.07, 6.45) is 1.68. The highest BCUT2D eigenvalue weighted by Crippen LogP contribution is 2.41. The van der Waals surface area contributed by atoms with Gasteiger partial charge in [0.15, 0.2) is 0 Å². The molecule has 0 spiro atoms. The molecule has 0 radical (unpaired) electrons. The quantitative estimate of drug-likeness (QED) is 0.924. The summed E-state index contributed by atoms with van der Waals surface area (Å²) in [7, 11) is 0. The molecule has 0 fully saturated rings. The van der Waals surface area contributed by atoms with E-state index in [0.717, 1.165) is 35.1 Å². The molecule has 0 unspecified atom stereocenters. The maximum atomic E-state index is 10.9. The van der Waals surface area contributed by atoms with E-state index in [1.54, 1.807) is 0 Å². The first-order valence-corrected chi connectivity index (χ1v) is 8.33. The van der Waals surface area contributed by atoms with Gasteiger partial charge in [0.25, 0.3) is 0 Å². The summed E-state index contributed by atoms with van der Waals surface area (Å²) in [6.45, 7) is 0.392. The fourth-order valence-electron chi connectivity index (χ4n) is 3.72. The number of hydrogen-bond acceptors (Lipinski definition) is 4. The summed E-state index contributed by atoms with van der Waals surface area (Å²) >= 11 is 0. The van der Waals surface area contributed by atoms with E-state index < -0.39 is 5.97 Å². The molecule has 0 saturated carbocycles. The maximum Gasteiger partial charge on any atom is 0.304 e. The largest absolute Gasteiger partial charge is 0.492 e. The zero-order valence-electron chi connectivity index (χ0n) is 13.6. The van der Waals surface area contributed by atoms with Crippen LogP contribution in [0.2, 0.25) is 0 Å². The van der Waals surface area contributed by atoms with Gasteiger partial charge in [-0.2, -0.15) is 5.26 Å². The number of benzene rings is 2. The van der Waals surface area contributed by atoms with Crippen LogP contribution in [0.15, 0.2) is 36.4 Å². The van der Waals surface area contributed by atoms with E-state index in [0.29, 0.717) is 18.1 Å². The van der Waals surface area contributed by atoms with Crippen LogP contribution in [0, 0.1) is 11.3 Å². The number of nitrogens with zero attached hydrogens (tertiary/aromatic N) is 1. The molecule has 0 bridgehead atoms. The van der Waals surface area contributed by atoms with Crippen molar-refractivity contribution in [3.05, 3.63) is 58.7 Å². The summed E-state index contributed by atoms with van der Waals surface area (Å²) in [4.78, 5) is 10.9. The van der Waals surface area contributed by atoms with Gasteiger partial charge in [-0.15, -0.1) is 0 Å². The highest BCUT2D eigenvalue weighted by Gasteiger charge is 2.29. The van der Waals surface area contributed by atoms with Crippen molar-refractivity contribution in [2.45, 2.75) is 31.3 Å². The van der Waals surface area contributed by atoms with Crippen LogP contribution in [0.1, 0.15) is 47.1 Å².